The Bertz CT molecular complexity index is 528. The van der Waals surface area contributed by atoms with Crippen LogP contribution in [0, 0.1) is 0 Å². The number of fused-ring (bicyclic) bond motifs is 1. The van der Waals surface area contributed by atoms with E-state index in [9.17, 15) is 0 Å². The molecule has 4 heteroatoms. The monoisotopic (exact) mass is 273 g/mol. The molecule has 3 nitrogen and oxygen atoms in total. The topological polar surface area (TPSA) is 29.0 Å². The molecule has 2 aromatic heterocycles. The van der Waals surface area contributed by atoms with Gasteiger partial charge in [-0.2, -0.15) is 0 Å². The van der Waals surface area contributed by atoms with Crippen LogP contribution in [-0.4, -0.2) is 21.9 Å². The average molecular weight is 273 g/mol. The van der Waals surface area contributed by atoms with Gasteiger partial charge in [0.05, 0.1) is 12.2 Å². The summed E-state index contributed by atoms with van der Waals surface area (Å²) in [4.78, 5) is 12.8. The Kier molecular flexibility index (Phi) is 3.62. The largest absolute Gasteiger partial charge is 0.293 e. The van der Waals surface area contributed by atoms with Crippen LogP contribution in [0.2, 0.25) is 0 Å². The van der Waals surface area contributed by atoms with Gasteiger partial charge in [-0.1, -0.05) is 6.07 Å². The Morgan fingerprint density at radius 2 is 2.32 bits per heavy atom. The zero-order chi connectivity index (χ0) is 13.2. The normalized spacial score (nSPS) is 15.7. The lowest BCUT2D eigenvalue weighted by Crippen LogP contribution is -2.22. The molecule has 2 heterocycles. The molecule has 100 valence electrons. The molecular weight excluding hydrogens is 254 g/mol. The summed E-state index contributed by atoms with van der Waals surface area (Å²) in [5.41, 5.74) is 2.61. The van der Waals surface area contributed by atoms with E-state index in [0.29, 0.717) is 6.04 Å². The second-order valence-corrected chi connectivity index (χ2v) is 6.38. The van der Waals surface area contributed by atoms with Gasteiger partial charge in [-0.05, 0) is 44.9 Å². The number of hydrogen-bond acceptors (Lipinski definition) is 4. The van der Waals surface area contributed by atoms with Crippen molar-refractivity contribution in [3.05, 3.63) is 45.7 Å². The van der Waals surface area contributed by atoms with Crippen LogP contribution < -0.4 is 0 Å². The fraction of sp³-hybridized carbons (Fsp3) is 0.467. The molecule has 2 aromatic rings. The maximum atomic E-state index is 4.77. The summed E-state index contributed by atoms with van der Waals surface area (Å²) in [7, 11) is 2.16. The highest BCUT2D eigenvalue weighted by atomic mass is 32.1. The molecule has 3 rings (SSSR count). The van der Waals surface area contributed by atoms with Crippen molar-refractivity contribution >= 4 is 11.3 Å². The molecule has 19 heavy (non-hydrogen) atoms. The first-order chi connectivity index (χ1) is 9.24. The minimum absolute atomic E-state index is 0.368. The predicted octanol–water partition coefficient (Wildman–Crippen LogP) is 3.22. The van der Waals surface area contributed by atoms with E-state index in [1.807, 2.05) is 29.8 Å². The van der Waals surface area contributed by atoms with Crippen LogP contribution in [-0.2, 0) is 19.4 Å². The Hall–Kier alpha value is -1.26. The van der Waals surface area contributed by atoms with Crippen molar-refractivity contribution in [2.45, 2.75) is 38.8 Å². The molecule has 0 aliphatic heterocycles. The van der Waals surface area contributed by atoms with E-state index in [2.05, 4.69) is 29.9 Å². The number of thiazole rings is 1. The van der Waals surface area contributed by atoms with Crippen molar-refractivity contribution in [1.29, 1.82) is 0 Å². The molecule has 0 amide bonds. The van der Waals surface area contributed by atoms with Crippen LogP contribution in [0.15, 0.2) is 24.5 Å². The number of rotatable bonds is 4. The second-order valence-electron chi connectivity index (χ2n) is 5.21. The maximum Gasteiger partial charge on any atom is 0.107 e. The highest BCUT2D eigenvalue weighted by molar-refractivity contribution is 7.11. The molecule has 1 aliphatic carbocycles. The van der Waals surface area contributed by atoms with Crippen molar-refractivity contribution in [2.24, 2.45) is 0 Å². The molecule has 0 fully saturated rings. The summed E-state index contributed by atoms with van der Waals surface area (Å²) in [5.74, 6) is 0. The van der Waals surface area contributed by atoms with Crippen LogP contribution in [0.25, 0.3) is 0 Å². The molecule has 0 spiro atoms. The third kappa shape index (κ3) is 2.69. The molecule has 0 saturated heterocycles. The smallest absolute Gasteiger partial charge is 0.107 e. The minimum Gasteiger partial charge on any atom is -0.293 e. The van der Waals surface area contributed by atoms with Gasteiger partial charge in [0.2, 0.25) is 0 Å². The third-order valence-corrected chi connectivity index (χ3v) is 4.99. The van der Waals surface area contributed by atoms with Gasteiger partial charge in [-0.15, -0.1) is 11.3 Å². The first kappa shape index (κ1) is 12.8. The van der Waals surface area contributed by atoms with Gasteiger partial charge in [0.1, 0.15) is 5.01 Å². The molecule has 0 N–H and O–H groups in total. The van der Waals surface area contributed by atoms with Crippen LogP contribution in [0.1, 0.15) is 40.5 Å². The highest BCUT2D eigenvalue weighted by Crippen LogP contribution is 2.29. The van der Waals surface area contributed by atoms with E-state index >= 15 is 0 Å². The lowest BCUT2D eigenvalue weighted by atomic mass is 10.1. The van der Waals surface area contributed by atoms with Crippen LogP contribution in [0.5, 0.6) is 0 Å². The zero-order valence-electron chi connectivity index (χ0n) is 11.5. The first-order valence-corrected chi connectivity index (χ1v) is 7.63. The van der Waals surface area contributed by atoms with Crippen molar-refractivity contribution < 1.29 is 0 Å². The van der Waals surface area contributed by atoms with E-state index in [1.54, 1.807) is 0 Å². The van der Waals surface area contributed by atoms with Crippen molar-refractivity contribution in [2.75, 3.05) is 7.05 Å². The fourth-order valence-electron chi connectivity index (χ4n) is 2.54. The molecule has 0 saturated carbocycles. The van der Waals surface area contributed by atoms with Gasteiger partial charge in [0, 0.05) is 23.3 Å². The van der Waals surface area contributed by atoms with Gasteiger partial charge < -0.3 is 0 Å². The highest BCUT2D eigenvalue weighted by Gasteiger charge is 2.19. The van der Waals surface area contributed by atoms with Gasteiger partial charge >= 0.3 is 0 Å². The summed E-state index contributed by atoms with van der Waals surface area (Å²) < 4.78 is 0. The van der Waals surface area contributed by atoms with Crippen molar-refractivity contribution in [1.82, 2.24) is 14.9 Å². The van der Waals surface area contributed by atoms with Gasteiger partial charge in [0.25, 0.3) is 0 Å². The number of aryl methyl sites for hydroxylation is 2. The number of pyridine rings is 1. The van der Waals surface area contributed by atoms with E-state index in [4.69, 9.17) is 4.98 Å². The van der Waals surface area contributed by atoms with Gasteiger partial charge in [-0.3, -0.25) is 9.88 Å². The van der Waals surface area contributed by atoms with E-state index < -0.39 is 0 Å². The molecule has 1 unspecified atom stereocenters. The Balaban J connectivity index is 1.69. The summed E-state index contributed by atoms with van der Waals surface area (Å²) in [6.07, 6.45) is 7.46. The van der Waals surface area contributed by atoms with Crippen LogP contribution in [0.3, 0.4) is 0 Å². The molecule has 0 bridgehead atoms. The lowest BCUT2D eigenvalue weighted by Gasteiger charge is -2.23. The molecule has 0 radical (unpaired) electrons. The van der Waals surface area contributed by atoms with Crippen molar-refractivity contribution in [3.8, 4) is 0 Å². The fourth-order valence-corrected chi connectivity index (χ4v) is 3.76. The number of hydrogen-bond donors (Lipinski definition) is 0. The van der Waals surface area contributed by atoms with E-state index in [0.717, 1.165) is 6.54 Å². The summed E-state index contributed by atoms with van der Waals surface area (Å²) >= 11 is 1.89. The average Bonchev–Trinajstić information content (AvgIpc) is 2.99. The first-order valence-electron chi connectivity index (χ1n) is 6.81. The second kappa shape index (κ2) is 5.39. The van der Waals surface area contributed by atoms with E-state index in [1.165, 1.54) is 40.4 Å². The molecule has 1 atom stereocenters. The Labute approximate surface area is 118 Å². The standard InChI is InChI=1S/C15H19N3S/c1-11(12-5-4-8-16-9-12)18(2)10-15-17-13-6-3-7-14(13)19-15/h4-5,8-9,11H,3,6-7,10H2,1-2H3. The van der Waals surface area contributed by atoms with Gasteiger partial charge in [0.15, 0.2) is 0 Å². The summed E-state index contributed by atoms with van der Waals surface area (Å²) in [6, 6.07) is 4.50. The predicted molar refractivity (Wildman–Crippen MR) is 78.3 cm³/mol. The lowest BCUT2D eigenvalue weighted by molar-refractivity contribution is 0.252. The van der Waals surface area contributed by atoms with Crippen molar-refractivity contribution in [3.63, 3.8) is 0 Å². The molecular formula is C15H19N3S. The van der Waals surface area contributed by atoms with Crippen LogP contribution in [0.4, 0.5) is 0 Å². The summed E-state index contributed by atoms with van der Waals surface area (Å²) in [6.45, 7) is 3.14. The number of nitrogens with zero attached hydrogens (tertiary/aromatic N) is 3. The van der Waals surface area contributed by atoms with E-state index in [-0.39, 0.29) is 0 Å². The minimum atomic E-state index is 0.368. The Morgan fingerprint density at radius 3 is 3.05 bits per heavy atom. The summed E-state index contributed by atoms with van der Waals surface area (Å²) in [5, 5.41) is 1.25. The number of aromatic nitrogens is 2. The maximum absolute atomic E-state index is 4.77. The zero-order valence-corrected chi connectivity index (χ0v) is 12.3. The SMILES string of the molecule is CC(c1cccnc1)N(C)Cc1nc2c(s1)CCC2. The quantitative estimate of drug-likeness (QED) is 0.856. The molecule has 0 aromatic carbocycles. The van der Waals surface area contributed by atoms with Crippen LogP contribution >= 0.6 is 11.3 Å². The Morgan fingerprint density at radius 1 is 1.42 bits per heavy atom. The molecule has 1 aliphatic rings. The van der Waals surface area contributed by atoms with Gasteiger partial charge in [-0.25, -0.2) is 4.98 Å². The third-order valence-electron chi connectivity index (χ3n) is 3.85.